The van der Waals surface area contributed by atoms with Crippen LogP contribution in [0.2, 0.25) is 0 Å². The number of fused-ring (bicyclic) bond motifs is 1. The van der Waals surface area contributed by atoms with Gasteiger partial charge in [-0.25, -0.2) is 4.98 Å². The van der Waals surface area contributed by atoms with E-state index in [-0.39, 0.29) is 29.8 Å². The van der Waals surface area contributed by atoms with E-state index in [2.05, 4.69) is 15.2 Å². The second-order valence-electron chi connectivity index (χ2n) is 7.72. The lowest BCUT2D eigenvalue weighted by molar-refractivity contribution is -0.00512. The number of imide groups is 1. The van der Waals surface area contributed by atoms with E-state index in [1.807, 2.05) is 30.3 Å². The maximum atomic E-state index is 13.3. The summed E-state index contributed by atoms with van der Waals surface area (Å²) in [5.41, 5.74) is 1.98. The fourth-order valence-electron chi connectivity index (χ4n) is 4.13. The van der Waals surface area contributed by atoms with Crippen molar-refractivity contribution >= 4 is 17.7 Å². The normalized spacial score (nSPS) is 18.2. The van der Waals surface area contributed by atoms with Crippen molar-refractivity contribution in [3.63, 3.8) is 0 Å². The largest absolute Gasteiger partial charge is 0.377 e. The van der Waals surface area contributed by atoms with Crippen molar-refractivity contribution < 1.29 is 19.1 Å². The summed E-state index contributed by atoms with van der Waals surface area (Å²) in [4.78, 5) is 46.1. The number of aromatic amines is 1. The molecule has 1 saturated heterocycles. The first-order chi connectivity index (χ1) is 15.6. The molecule has 3 aromatic rings. The van der Waals surface area contributed by atoms with Crippen LogP contribution in [0, 0.1) is 0 Å². The summed E-state index contributed by atoms with van der Waals surface area (Å²) in [7, 11) is 0. The van der Waals surface area contributed by atoms with Crippen LogP contribution in [-0.4, -0.2) is 69.0 Å². The van der Waals surface area contributed by atoms with E-state index in [4.69, 9.17) is 4.74 Å². The Morgan fingerprint density at radius 1 is 1.09 bits per heavy atom. The van der Waals surface area contributed by atoms with Crippen molar-refractivity contribution in [2.24, 2.45) is 0 Å². The highest BCUT2D eigenvalue weighted by molar-refractivity contribution is 6.22. The average molecular weight is 431 g/mol. The van der Waals surface area contributed by atoms with Crippen molar-refractivity contribution in [2.45, 2.75) is 12.5 Å². The molecule has 5 rings (SSSR count). The molecule has 0 unspecified atom stereocenters. The second kappa shape index (κ2) is 8.35. The van der Waals surface area contributed by atoms with E-state index in [9.17, 15) is 14.4 Å². The summed E-state index contributed by atoms with van der Waals surface area (Å²) < 4.78 is 5.52. The number of morpholine rings is 1. The van der Waals surface area contributed by atoms with Crippen molar-refractivity contribution in [3.05, 3.63) is 82.9 Å². The number of aromatic nitrogens is 3. The molecule has 9 nitrogen and oxygen atoms in total. The first-order valence-corrected chi connectivity index (χ1v) is 10.4. The van der Waals surface area contributed by atoms with Crippen LogP contribution in [0.5, 0.6) is 0 Å². The molecule has 3 amide bonds. The molecule has 32 heavy (non-hydrogen) atoms. The number of amides is 3. The Morgan fingerprint density at radius 3 is 2.69 bits per heavy atom. The SMILES string of the molecule is O=C1c2ccc(C(=O)N3CCOC[C@H]3c3ncn[nH]3)cc2C(=O)N1CCc1ccccc1. The molecule has 1 N–H and O–H groups in total. The molecule has 2 aliphatic rings. The van der Waals surface area contributed by atoms with Crippen LogP contribution in [0.3, 0.4) is 0 Å². The van der Waals surface area contributed by atoms with Gasteiger partial charge in [-0.1, -0.05) is 30.3 Å². The lowest BCUT2D eigenvalue weighted by atomic mass is 10.0. The first-order valence-electron chi connectivity index (χ1n) is 10.4. The standard InChI is InChI=1S/C23H21N5O4/c29-21(27-10-11-32-13-19(27)20-24-14-25-26-20)16-6-7-17-18(12-16)23(31)28(22(17)30)9-8-15-4-2-1-3-5-15/h1-7,12,14,19H,8-11,13H2,(H,24,25,26)/t19-/m0/s1. The third-order valence-corrected chi connectivity index (χ3v) is 5.82. The molecule has 1 atom stereocenters. The minimum atomic E-state index is -0.397. The zero-order valence-corrected chi connectivity index (χ0v) is 17.2. The molecule has 162 valence electrons. The number of carbonyl (C=O) groups excluding carboxylic acids is 3. The number of hydrogen-bond donors (Lipinski definition) is 1. The van der Waals surface area contributed by atoms with Gasteiger partial charge in [-0.2, -0.15) is 5.10 Å². The van der Waals surface area contributed by atoms with Gasteiger partial charge in [0.25, 0.3) is 17.7 Å². The van der Waals surface area contributed by atoms with Gasteiger partial charge in [0.1, 0.15) is 18.2 Å². The highest BCUT2D eigenvalue weighted by atomic mass is 16.5. The number of carbonyl (C=O) groups is 3. The third kappa shape index (κ3) is 3.56. The van der Waals surface area contributed by atoms with Crippen molar-refractivity contribution in [1.29, 1.82) is 0 Å². The Bertz CT molecular complexity index is 1160. The number of rotatable bonds is 5. The summed E-state index contributed by atoms with van der Waals surface area (Å²) in [6.07, 6.45) is 1.96. The Morgan fingerprint density at radius 2 is 1.91 bits per heavy atom. The first kappa shape index (κ1) is 20.1. The molecular formula is C23H21N5O4. The molecule has 0 spiro atoms. The minimum Gasteiger partial charge on any atom is -0.377 e. The Labute approximate surface area is 184 Å². The maximum Gasteiger partial charge on any atom is 0.261 e. The van der Waals surface area contributed by atoms with Gasteiger partial charge in [-0.3, -0.25) is 24.4 Å². The van der Waals surface area contributed by atoms with E-state index in [1.165, 1.54) is 17.3 Å². The number of nitrogens with one attached hydrogen (secondary N) is 1. The quantitative estimate of drug-likeness (QED) is 0.618. The number of ether oxygens (including phenoxy) is 1. The van der Waals surface area contributed by atoms with Crippen LogP contribution in [0.1, 0.15) is 48.5 Å². The number of benzene rings is 2. The number of H-pyrrole nitrogens is 1. The van der Waals surface area contributed by atoms with Gasteiger partial charge >= 0.3 is 0 Å². The third-order valence-electron chi connectivity index (χ3n) is 5.82. The highest BCUT2D eigenvalue weighted by Crippen LogP contribution is 2.27. The number of hydrogen-bond acceptors (Lipinski definition) is 6. The zero-order chi connectivity index (χ0) is 22.1. The number of nitrogens with zero attached hydrogens (tertiary/aromatic N) is 4. The molecule has 1 fully saturated rings. The van der Waals surface area contributed by atoms with E-state index in [1.54, 1.807) is 17.0 Å². The van der Waals surface area contributed by atoms with Gasteiger partial charge in [0.05, 0.1) is 24.3 Å². The molecule has 0 aliphatic carbocycles. The molecule has 2 aliphatic heterocycles. The molecule has 0 saturated carbocycles. The zero-order valence-electron chi connectivity index (χ0n) is 17.2. The predicted octanol–water partition coefficient (Wildman–Crippen LogP) is 1.86. The van der Waals surface area contributed by atoms with Crippen molar-refractivity contribution in [2.75, 3.05) is 26.3 Å². The van der Waals surface area contributed by atoms with Gasteiger partial charge in [-0.15, -0.1) is 0 Å². The smallest absolute Gasteiger partial charge is 0.261 e. The Kier molecular flexibility index (Phi) is 5.24. The highest BCUT2D eigenvalue weighted by Gasteiger charge is 2.37. The van der Waals surface area contributed by atoms with Gasteiger partial charge in [0.2, 0.25) is 0 Å². The van der Waals surface area contributed by atoms with Crippen LogP contribution in [0.25, 0.3) is 0 Å². The van der Waals surface area contributed by atoms with E-state index in [0.717, 1.165) is 5.56 Å². The van der Waals surface area contributed by atoms with Crippen LogP contribution < -0.4 is 0 Å². The molecule has 1 aromatic heterocycles. The Balaban J connectivity index is 1.36. The summed E-state index contributed by atoms with van der Waals surface area (Å²) in [5, 5.41) is 6.65. The van der Waals surface area contributed by atoms with Crippen LogP contribution in [0.4, 0.5) is 0 Å². The van der Waals surface area contributed by atoms with E-state index in [0.29, 0.717) is 43.1 Å². The minimum absolute atomic E-state index is 0.250. The predicted molar refractivity (Wildman–Crippen MR) is 113 cm³/mol. The lowest BCUT2D eigenvalue weighted by Gasteiger charge is -2.34. The lowest BCUT2D eigenvalue weighted by Crippen LogP contribution is -2.43. The van der Waals surface area contributed by atoms with Gasteiger partial charge < -0.3 is 9.64 Å². The summed E-state index contributed by atoms with van der Waals surface area (Å²) in [6, 6.07) is 14.0. The summed E-state index contributed by atoms with van der Waals surface area (Å²) in [6.45, 7) is 1.39. The van der Waals surface area contributed by atoms with Crippen molar-refractivity contribution in [1.82, 2.24) is 25.0 Å². The van der Waals surface area contributed by atoms with Crippen LogP contribution >= 0.6 is 0 Å². The molecule has 2 aromatic carbocycles. The molecular weight excluding hydrogens is 410 g/mol. The van der Waals surface area contributed by atoms with E-state index < -0.39 is 6.04 Å². The van der Waals surface area contributed by atoms with E-state index >= 15 is 0 Å². The molecule has 3 heterocycles. The van der Waals surface area contributed by atoms with Gasteiger partial charge in [0.15, 0.2) is 0 Å². The van der Waals surface area contributed by atoms with Gasteiger partial charge in [-0.05, 0) is 30.2 Å². The molecule has 0 bridgehead atoms. The molecule has 0 radical (unpaired) electrons. The monoisotopic (exact) mass is 431 g/mol. The van der Waals surface area contributed by atoms with Gasteiger partial charge in [0, 0.05) is 18.7 Å². The fourth-order valence-corrected chi connectivity index (χ4v) is 4.13. The second-order valence-corrected chi connectivity index (χ2v) is 7.72. The topological polar surface area (TPSA) is 108 Å². The van der Waals surface area contributed by atoms with Crippen molar-refractivity contribution in [3.8, 4) is 0 Å². The van der Waals surface area contributed by atoms with Crippen LogP contribution in [-0.2, 0) is 11.2 Å². The summed E-state index contributed by atoms with van der Waals surface area (Å²) >= 11 is 0. The Hall–Kier alpha value is -3.85. The maximum absolute atomic E-state index is 13.3. The molecule has 9 heteroatoms. The van der Waals surface area contributed by atoms with Crippen LogP contribution in [0.15, 0.2) is 54.9 Å². The summed E-state index contributed by atoms with van der Waals surface area (Å²) in [5.74, 6) is -0.409. The fraction of sp³-hybridized carbons (Fsp3) is 0.261. The average Bonchev–Trinajstić information content (AvgIpc) is 3.45.